The first-order chi connectivity index (χ1) is 7.00. The molecule has 7 heteroatoms. The summed E-state index contributed by atoms with van der Waals surface area (Å²) < 4.78 is 1.56. The van der Waals surface area contributed by atoms with Gasteiger partial charge in [-0.05, 0) is 0 Å². The van der Waals surface area contributed by atoms with Gasteiger partial charge < -0.3 is 19.7 Å². The lowest BCUT2D eigenvalue weighted by atomic mass is 10.5. The number of carboxylic acids is 2. The van der Waals surface area contributed by atoms with Gasteiger partial charge in [0.2, 0.25) is 5.95 Å². The fraction of sp³-hybridized carbons (Fsp3) is 0.375. The molecule has 1 rings (SSSR count). The van der Waals surface area contributed by atoms with Crippen LogP contribution in [0.1, 0.15) is 0 Å². The minimum atomic E-state index is -1.10. The number of carboxylic acid groups (broad SMARTS) is 2. The average molecular weight is 213 g/mol. The largest absolute Gasteiger partial charge is 0.480 e. The maximum atomic E-state index is 10.5. The molecule has 0 aliphatic rings. The Kier molecular flexibility index (Phi) is 3.27. The van der Waals surface area contributed by atoms with Gasteiger partial charge in [0, 0.05) is 19.4 Å². The van der Waals surface area contributed by atoms with Gasteiger partial charge in [0.05, 0.1) is 0 Å². The van der Waals surface area contributed by atoms with Crippen molar-refractivity contribution in [2.45, 2.75) is 0 Å². The van der Waals surface area contributed by atoms with E-state index in [1.54, 1.807) is 17.8 Å². The van der Waals surface area contributed by atoms with Crippen molar-refractivity contribution in [3.63, 3.8) is 0 Å². The lowest BCUT2D eigenvalue weighted by molar-refractivity contribution is -0.136. The van der Waals surface area contributed by atoms with E-state index in [0.29, 0.717) is 5.95 Å². The fourth-order valence-corrected chi connectivity index (χ4v) is 1.19. The van der Waals surface area contributed by atoms with Gasteiger partial charge in [-0.1, -0.05) is 0 Å². The van der Waals surface area contributed by atoms with Crippen LogP contribution in [-0.2, 0) is 16.6 Å². The maximum absolute atomic E-state index is 10.5. The van der Waals surface area contributed by atoms with Crippen molar-refractivity contribution in [1.82, 2.24) is 9.55 Å². The molecule has 0 fully saturated rings. The molecule has 1 aromatic rings. The molecule has 1 aromatic heterocycles. The molecule has 0 aromatic carbocycles. The molecule has 0 saturated carbocycles. The molecule has 82 valence electrons. The third-order valence-electron chi connectivity index (χ3n) is 1.73. The van der Waals surface area contributed by atoms with Crippen LogP contribution >= 0.6 is 0 Å². The van der Waals surface area contributed by atoms with Crippen molar-refractivity contribution in [2.24, 2.45) is 7.05 Å². The number of hydrogen-bond donors (Lipinski definition) is 2. The standard InChI is InChI=1S/C8H11N3O4/c1-10-3-2-9-8(10)11(4-6(12)13)5-7(14)15/h2-3H,4-5H2,1H3,(H,12,13)(H,14,15). The van der Waals surface area contributed by atoms with Gasteiger partial charge >= 0.3 is 11.9 Å². The van der Waals surface area contributed by atoms with Gasteiger partial charge in [0.25, 0.3) is 0 Å². The summed E-state index contributed by atoms with van der Waals surface area (Å²) >= 11 is 0. The lowest BCUT2D eigenvalue weighted by Gasteiger charge is -2.19. The van der Waals surface area contributed by atoms with Crippen LogP contribution in [0, 0.1) is 0 Å². The van der Waals surface area contributed by atoms with E-state index in [-0.39, 0.29) is 0 Å². The molecule has 15 heavy (non-hydrogen) atoms. The number of anilines is 1. The molecule has 0 aliphatic heterocycles. The zero-order valence-electron chi connectivity index (χ0n) is 8.12. The number of hydrogen-bond acceptors (Lipinski definition) is 4. The molecule has 0 radical (unpaired) electrons. The summed E-state index contributed by atoms with van der Waals surface area (Å²) in [6.45, 7) is -0.783. The van der Waals surface area contributed by atoms with Gasteiger partial charge in [0.15, 0.2) is 0 Å². The highest BCUT2D eigenvalue weighted by Crippen LogP contribution is 2.08. The molecule has 0 bridgehead atoms. The third kappa shape index (κ3) is 2.97. The smallest absolute Gasteiger partial charge is 0.323 e. The first kappa shape index (κ1) is 11.0. The van der Waals surface area contributed by atoms with Gasteiger partial charge in [-0.25, -0.2) is 4.98 Å². The van der Waals surface area contributed by atoms with E-state index in [4.69, 9.17) is 10.2 Å². The Bertz CT molecular complexity index is 358. The van der Waals surface area contributed by atoms with Crippen molar-refractivity contribution in [3.05, 3.63) is 12.4 Å². The van der Waals surface area contributed by atoms with E-state index in [0.717, 1.165) is 0 Å². The highest BCUT2D eigenvalue weighted by molar-refractivity contribution is 5.78. The quantitative estimate of drug-likeness (QED) is 0.677. The minimum absolute atomic E-state index is 0.319. The SMILES string of the molecule is Cn1ccnc1N(CC(=O)O)CC(=O)O. The first-order valence-electron chi connectivity index (χ1n) is 4.16. The Labute approximate surface area is 85.6 Å². The Morgan fingerprint density at radius 3 is 2.27 bits per heavy atom. The lowest BCUT2D eigenvalue weighted by Crippen LogP contribution is -2.36. The minimum Gasteiger partial charge on any atom is -0.480 e. The molecular formula is C8H11N3O4. The molecule has 0 spiro atoms. The Balaban J connectivity index is 2.85. The first-order valence-corrected chi connectivity index (χ1v) is 4.16. The number of aryl methyl sites for hydroxylation is 1. The Morgan fingerprint density at radius 2 is 1.93 bits per heavy atom. The monoisotopic (exact) mass is 213 g/mol. The zero-order valence-corrected chi connectivity index (χ0v) is 8.12. The maximum Gasteiger partial charge on any atom is 0.323 e. The summed E-state index contributed by atoms with van der Waals surface area (Å²) in [4.78, 5) is 26.1. The van der Waals surface area contributed by atoms with Gasteiger partial charge in [0.1, 0.15) is 13.1 Å². The second kappa shape index (κ2) is 4.45. The summed E-state index contributed by atoms with van der Waals surface area (Å²) in [7, 11) is 1.67. The van der Waals surface area contributed by atoms with Crippen molar-refractivity contribution >= 4 is 17.9 Å². The van der Waals surface area contributed by atoms with Crippen LogP contribution in [0.5, 0.6) is 0 Å². The van der Waals surface area contributed by atoms with E-state index in [2.05, 4.69) is 4.98 Å². The van der Waals surface area contributed by atoms with E-state index in [9.17, 15) is 9.59 Å². The second-order valence-corrected chi connectivity index (χ2v) is 2.98. The van der Waals surface area contributed by atoms with Gasteiger partial charge in [-0.2, -0.15) is 0 Å². The van der Waals surface area contributed by atoms with Crippen LogP contribution in [0.25, 0.3) is 0 Å². The summed E-state index contributed by atoms with van der Waals surface area (Å²) in [5, 5.41) is 17.2. The van der Waals surface area contributed by atoms with E-state index >= 15 is 0 Å². The summed E-state index contributed by atoms with van der Waals surface area (Å²) in [5.41, 5.74) is 0. The summed E-state index contributed by atoms with van der Waals surface area (Å²) in [6, 6.07) is 0. The molecule has 0 saturated heterocycles. The average Bonchev–Trinajstić information content (AvgIpc) is 2.48. The number of nitrogens with zero attached hydrogens (tertiary/aromatic N) is 3. The van der Waals surface area contributed by atoms with Crippen molar-refractivity contribution in [1.29, 1.82) is 0 Å². The fourth-order valence-electron chi connectivity index (χ4n) is 1.19. The predicted molar refractivity (Wildman–Crippen MR) is 50.7 cm³/mol. The Morgan fingerprint density at radius 1 is 1.40 bits per heavy atom. The molecule has 2 N–H and O–H groups in total. The number of rotatable bonds is 5. The molecule has 0 aliphatic carbocycles. The molecular weight excluding hydrogens is 202 g/mol. The van der Waals surface area contributed by atoms with E-state index in [1.807, 2.05) is 0 Å². The number of aromatic nitrogens is 2. The van der Waals surface area contributed by atoms with Crippen LogP contribution in [0.2, 0.25) is 0 Å². The molecule has 0 atom stereocenters. The normalized spacial score (nSPS) is 9.93. The van der Waals surface area contributed by atoms with Crippen molar-refractivity contribution in [2.75, 3.05) is 18.0 Å². The number of carbonyl (C=O) groups is 2. The van der Waals surface area contributed by atoms with Crippen LogP contribution in [0.15, 0.2) is 12.4 Å². The molecule has 1 heterocycles. The highest BCUT2D eigenvalue weighted by atomic mass is 16.4. The van der Waals surface area contributed by atoms with Crippen LogP contribution in [-0.4, -0.2) is 44.8 Å². The molecule has 0 amide bonds. The Hall–Kier alpha value is -2.05. The predicted octanol–water partition coefficient (Wildman–Crippen LogP) is -0.604. The second-order valence-electron chi connectivity index (χ2n) is 2.98. The third-order valence-corrected chi connectivity index (χ3v) is 1.73. The number of imidazole rings is 1. The molecule has 0 unspecified atom stereocenters. The summed E-state index contributed by atoms with van der Waals surface area (Å²) in [5.74, 6) is -1.88. The van der Waals surface area contributed by atoms with Gasteiger partial charge in [-0.3, -0.25) is 9.59 Å². The summed E-state index contributed by atoms with van der Waals surface area (Å²) in [6.07, 6.45) is 3.10. The van der Waals surface area contributed by atoms with E-state index in [1.165, 1.54) is 11.1 Å². The van der Waals surface area contributed by atoms with Crippen LogP contribution in [0.4, 0.5) is 5.95 Å². The molecule has 7 nitrogen and oxygen atoms in total. The zero-order chi connectivity index (χ0) is 11.4. The van der Waals surface area contributed by atoms with E-state index < -0.39 is 25.0 Å². The van der Waals surface area contributed by atoms with Crippen molar-refractivity contribution < 1.29 is 19.8 Å². The van der Waals surface area contributed by atoms with Crippen LogP contribution in [0.3, 0.4) is 0 Å². The number of aliphatic carboxylic acids is 2. The van der Waals surface area contributed by atoms with Gasteiger partial charge in [-0.15, -0.1) is 0 Å². The van der Waals surface area contributed by atoms with Crippen molar-refractivity contribution in [3.8, 4) is 0 Å². The highest BCUT2D eigenvalue weighted by Gasteiger charge is 2.17. The topological polar surface area (TPSA) is 95.7 Å². The van der Waals surface area contributed by atoms with Crippen LogP contribution < -0.4 is 4.90 Å².